The Bertz CT molecular complexity index is 968. The lowest BCUT2D eigenvalue weighted by Gasteiger charge is -2.08. The normalized spacial score (nSPS) is 11.6. The molecular formula is C17H17FN4O2S. The van der Waals surface area contributed by atoms with E-state index in [9.17, 15) is 12.8 Å². The van der Waals surface area contributed by atoms with Crippen LogP contribution < -0.4 is 4.72 Å². The second-order valence-electron chi connectivity index (χ2n) is 5.63. The topological polar surface area (TPSA) is 76.9 Å². The van der Waals surface area contributed by atoms with Gasteiger partial charge in [0.1, 0.15) is 5.82 Å². The summed E-state index contributed by atoms with van der Waals surface area (Å²) in [6.07, 6.45) is 5.00. The van der Waals surface area contributed by atoms with E-state index in [0.717, 1.165) is 16.8 Å². The Morgan fingerprint density at radius 2 is 1.88 bits per heavy atom. The Morgan fingerprint density at radius 3 is 2.56 bits per heavy atom. The van der Waals surface area contributed by atoms with Crippen molar-refractivity contribution in [1.29, 1.82) is 0 Å². The molecule has 6 nitrogen and oxygen atoms in total. The summed E-state index contributed by atoms with van der Waals surface area (Å²) < 4.78 is 41.5. The van der Waals surface area contributed by atoms with Gasteiger partial charge >= 0.3 is 0 Å². The van der Waals surface area contributed by atoms with Gasteiger partial charge in [-0.15, -0.1) is 0 Å². The molecule has 0 radical (unpaired) electrons. The van der Waals surface area contributed by atoms with Crippen molar-refractivity contribution in [2.24, 2.45) is 7.05 Å². The number of rotatable bonds is 6. The minimum absolute atomic E-state index is 0.127. The van der Waals surface area contributed by atoms with E-state index in [-0.39, 0.29) is 12.3 Å². The third kappa shape index (κ3) is 4.49. The molecule has 0 aliphatic heterocycles. The van der Waals surface area contributed by atoms with Crippen LogP contribution in [0.5, 0.6) is 0 Å². The van der Waals surface area contributed by atoms with Gasteiger partial charge in [0.15, 0.2) is 0 Å². The Labute approximate surface area is 145 Å². The fourth-order valence-corrected chi connectivity index (χ4v) is 3.55. The van der Waals surface area contributed by atoms with Gasteiger partial charge in [-0.05, 0) is 35.4 Å². The van der Waals surface area contributed by atoms with E-state index in [4.69, 9.17) is 0 Å². The van der Waals surface area contributed by atoms with Crippen molar-refractivity contribution in [3.8, 4) is 11.3 Å². The Balaban J connectivity index is 1.68. The lowest BCUT2D eigenvalue weighted by Crippen LogP contribution is -2.24. The van der Waals surface area contributed by atoms with Crippen LogP contribution in [-0.4, -0.2) is 23.2 Å². The van der Waals surface area contributed by atoms with Crippen molar-refractivity contribution < 1.29 is 12.8 Å². The van der Waals surface area contributed by atoms with Crippen molar-refractivity contribution in [1.82, 2.24) is 19.5 Å². The van der Waals surface area contributed by atoms with Gasteiger partial charge in [-0.25, -0.2) is 17.5 Å². The molecule has 1 N–H and O–H groups in total. The third-order valence-electron chi connectivity index (χ3n) is 3.68. The van der Waals surface area contributed by atoms with Crippen LogP contribution in [-0.2, 0) is 29.4 Å². The number of nitrogens with zero attached hydrogens (tertiary/aromatic N) is 3. The highest BCUT2D eigenvalue weighted by atomic mass is 32.2. The van der Waals surface area contributed by atoms with E-state index in [2.05, 4.69) is 14.8 Å². The number of nitrogens with one attached hydrogen (secondary N) is 1. The number of sulfonamides is 1. The smallest absolute Gasteiger partial charge is 0.216 e. The summed E-state index contributed by atoms with van der Waals surface area (Å²) in [5, 5.41) is 4.11. The number of aromatic nitrogens is 3. The molecule has 25 heavy (non-hydrogen) atoms. The zero-order chi connectivity index (χ0) is 17.9. The fraction of sp³-hybridized carbons (Fsp3) is 0.176. The Kier molecular flexibility index (Phi) is 4.91. The minimum atomic E-state index is -3.54. The van der Waals surface area contributed by atoms with Crippen LogP contribution in [0.3, 0.4) is 0 Å². The molecule has 0 fully saturated rings. The maximum absolute atomic E-state index is 12.9. The SMILES string of the molecule is Cn1nccc1-c1cncc(CNS(=O)(=O)Cc2ccc(F)cc2)c1. The van der Waals surface area contributed by atoms with Gasteiger partial charge in [0.2, 0.25) is 10.0 Å². The molecule has 130 valence electrons. The molecule has 0 aliphatic carbocycles. The zero-order valence-electron chi connectivity index (χ0n) is 13.6. The van der Waals surface area contributed by atoms with Gasteiger partial charge in [-0.3, -0.25) is 9.67 Å². The summed E-state index contributed by atoms with van der Waals surface area (Å²) in [4.78, 5) is 4.16. The minimum Gasteiger partial charge on any atom is -0.268 e. The summed E-state index contributed by atoms with van der Waals surface area (Å²) in [6.45, 7) is 0.127. The summed E-state index contributed by atoms with van der Waals surface area (Å²) in [5.41, 5.74) is 3.01. The molecule has 3 rings (SSSR count). The van der Waals surface area contributed by atoms with Crippen LogP contribution in [0.15, 0.2) is 55.0 Å². The van der Waals surface area contributed by atoms with E-state index in [0.29, 0.717) is 5.56 Å². The summed E-state index contributed by atoms with van der Waals surface area (Å²) in [5.74, 6) is -0.602. The van der Waals surface area contributed by atoms with Gasteiger partial charge in [0, 0.05) is 37.7 Å². The number of hydrogen-bond donors (Lipinski definition) is 1. The quantitative estimate of drug-likeness (QED) is 0.731. The standard InChI is InChI=1S/C17H17FN4O2S/c1-22-17(6-7-20-22)15-8-14(9-19-11-15)10-21-25(23,24)12-13-2-4-16(18)5-3-13/h2-9,11,21H,10,12H2,1H3. The van der Waals surface area contributed by atoms with Crippen molar-refractivity contribution >= 4 is 10.0 Å². The largest absolute Gasteiger partial charge is 0.268 e. The molecule has 0 atom stereocenters. The molecule has 0 unspecified atom stereocenters. The highest BCUT2D eigenvalue weighted by molar-refractivity contribution is 7.88. The van der Waals surface area contributed by atoms with Crippen LogP contribution in [0, 0.1) is 5.82 Å². The Morgan fingerprint density at radius 1 is 1.12 bits per heavy atom. The maximum Gasteiger partial charge on any atom is 0.216 e. The fourth-order valence-electron chi connectivity index (χ4n) is 2.43. The van der Waals surface area contributed by atoms with Crippen LogP contribution >= 0.6 is 0 Å². The predicted octanol–water partition coefficient (Wildman–Crippen LogP) is 2.24. The van der Waals surface area contributed by atoms with Gasteiger partial charge in [0.25, 0.3) is 0 Å². The van der Waals surface area contributed by atoms with E-state index in [1.54, 1.807) is 23.3 Å². The maximum atomic E-state index is 12.9. The van der Waals surface area contributed by atoms with Crippen LogP contribution in [0.25, 0.3) is 11.3 Å². The van der Waals surface area contributed by atoms with E-state index in [1.165, 1.54) is 24.3 Å². The van der Waals surface area contributed by atoms with Gasteiger partial charge in [-0.1, -0.05) is 12.1 Å². The zero-order valence-corrected chi connectivity index (χ0v) is 14.4. The van der Waals surface area contributed by atoms with Crippen LogP contribution in [0.2, 0.25) is 0 Å². The average Bonchev–Trinajstić information content (AvgIpc) is 3.01. The highest BCUT2D eigenvalue weighted by Crippen LogP contribution is 2.18. The molecule has 0 saturated carbocycles. The second kappa shape index (κ2) is 7.12. The van der Waals surface area contributed by atoms with Gasteiger partial charge in [-0.2, -0.15) is 5.10 Å². The number of pyridine rings is 1. The monoisotopic (exact) mass is 360 g/mol. The molecule has 0 saturated heterocycles. The lowest BCUT2D eigenvalue weighted by molar-refractivity contribution is 0.580. The number of benzene rings is 1. The van der Waals surface area contributed by atoms with Gasteiger partial charge < -0.3 is 0 Å². The highest BCUT2D eigenvalue weighted by Gasteiger charge is 2.12. The average molecular weight is 360 g/mol. The number of aryl methyl sites for hydroxylation is 1. The van der Waals surface area contributed by atoms with E-state index in [1.807, 2.05) is 19.2 Å². The molecular weight excluding hydrogens is 343 g/mol. The molecule has 3 aromatic rings. The van der Waals surface area contributed by atoms with Crippen molar-refractivity contribution in [2.45, 2.75) is 12.3 Å². The number of halogens is 1. The molecule has 0 amide bonds. The first-order valence-electron chi connectivity index (χ1n) is 7.57. The Hall–Kier alpha value is -2.58. The molecule has 1 aromatic carbocycles. The third-order valence-corrected chi connectivity index (χ3v) is 4.98. The predicted molar refractivity (Wildman–Crippen MR) is 92.3 cm³/mol. The first kappa shape index (κ1) is 17.2. The first-order valence-corrected chi connectivity index (χ1v) is 9.22. The second-order valence-corrected chi connectivity index (χ2v) is 7.44. The van der Waals surface area contributed by atoms with Crippen molar-refractivity contribution in [2.75, 3.05) is 0 Å². The molecule has 2 heterocycles. The first-order chi connectivity index (χ1) is 11.9. The van der Waals surface area contributed by atoms with E-state index < -0.39 is 15.8 Å². The van der Waals surface area contributed by atoms with Crippen LogP contribution in [0.4, 0.5) is 4.39 Å². The molecule has 0 bridgehead atoms. The molecule has 0 spiro atoms. The summed E-state index contributed by atoms with van der Waals surface area (Å²) >= 11 is 0. The van der Waals surface area contributed by atoms with Crippen LogP contribution in [0.1, 0.15) is 11.1 Å². The number of hydrogen-bond acceptors (Lipinski definition) is 4. The molecule has 0 aliphatic rings. The van der Waals surface area contributed by atoms with Gasteiger partial charge in [0.05, 0.1) is 11.4 Å². The lowest BCUT2D eigenvalue weighted by atomic mass is 10.1. The van der Waals surface area contributed by atoms with Crippen molar-refractivity contribution in [3.63, 3.8) is 0 Å². The summed E-state index contributed by atoms with van der Waals surface area (Å²) in [7, 11) is -1.71. The molecule has 8 heteroatoms. The summed E-state index contributed by atoms with van der Waals surface area (Å²) in [6, 6.07) is 9.13. The van der Waals surface area contributed by atoms with Crippen molar-refractivity contribution in [3.05, 3.63) is 71.9 Å². The van der Waals surface area contributed by atoms with E-state index >= 15 is 0 Å². The molecule has 2 aromatic heterocycles.